The molecule has 114 valence electrons. The maximum Gasteiger partial charge on any atom is 0.511 e. The van der Waals surface area contributed by atoms with E-state index in [0.29, 0.717) is 0 Å². The molecule has 0 spiro atoms. The van der Waals surface area contributed by atoms with Gasteiger partial charge in [0.15, 0.2) is 6.29 Å². The van der Waals surface area contributed by atoms with Crippen LogP contribution in [0.4, 0.5) is 13.2 Å². The summed E-state index contributed by atoms with van der Waals surface area (Å²) in [5.41, 5.74) is -5.65. The van der Waals surface area contributed by atoms with Gasteiger partial charge in [0.25, 0.3) is 0 Å². The minimum absolute atomic E-state index is 0.825. The summed E-state index contributed by atoms with van der Waals surface area (Å²) in [4.78, 5) is 0. The van der Waals surface area contributed by atoms with Crippen molar-refractivity contribution in [2.24, 2.45) is 0 Å². The highest BCUT2D eigenvalue weighted by atomic mass is 32.2. The predicted octanol–water partition coefficient (Wildman–Crippen LogP) is -2.77. The van der Waals surface area contributed by atoms with Crippen LogP contribution in [-0.2, 0) is 14.8 Å². The number of sulfonamides is 1. The molecule has 8 nitrogen and oxygen atoms in total. The molecule has 1 unspecified atom stereocenters. The molecule has 1 aliphatic rings. The molecule has 12 heteroatoms. The van der Waals surface area contributed by atoms with E-state index in [0.717, 1.165) is 4.72 Å². The fourth-order valence-corrected chi connectivity index (χ4v) is 2.22. The quantitative estimate of drug-likeness (QED) is 0.380. The van der Waals surface area contributed by atoms with E-state index >= 15 is 0 Å². The number of aliphatic hydroxyl groups excluding tert-OH is 4. The van der Waals surface area contributed by atoms with Crippen LogP contribution in [0.15, 0.2) is 0 Å². The van der Waals surface area contributed by atoms with Crippen molar-refractivity contribution in [1.29, 1.82) is 0 Å². The van der Waals surface area contributed by atoms with Gasteiger partial charge in [-0.3, -0.25) is 0 Å². The SMILES string of the molecule is O=S(=O)(N[C@H]1C(O)O[C@H](CO)[C@H](O)[C@@H]1O)C(F)(F)F. The molecule has 0 bridgehead atoms. The Labute approximate surface area is 105 Å². The molecule has 0 radical (unpaired) electrons. The van der Waals surface area contributed by atoms with Crippen LogP contribution in [0.5, 0.6) is 0 Å². The Morgan fingerprint density at radius 2 is 1.68 bits per heavy atom. The monoisotopic (exact) mass is 311 g/mol. The van der Waals surface area contributed by atoms with Gasteiger partial charge in [0.1, 0.15) is 24.4 Å². The van der Waals surface area contributed by atoms with Crippen LogP contribution in [0.1, 0.15) is 0 Å². The van der Waals surface area contributed by atoms with Gasteiger partial charge in [-0.15, -0.1) is 0 Å². The normalized spacial score (nSPS) is 37.3. The fourth-order valence-electron chi connectivity index (χ4n) is 1.47. The number of alkyl halides is 3. The molecule has 5 atom stereocenters. The first kappa shape index (κ1) is 16.6. The maximum atomic E-state index is 12.1. The molecule has 0 aliphatic carbocycles. The number of hydrogen-bond donors (Lipinski definition) is 5. The van der Waals surface area contributed by atoms with Gasteiger partial charge in [-0.25, -0.2) is 8.42 Å². The van der Waals surface area contributed by atoms with Gasteiger partial charge in [-0.05, 0) is 0 Å². The van der Waals surface area contributed by atoms with E-state index in [9.17, 15) is 36.9 Å². The predicted molar refractivity (Wildman–Crippen MR) is 51.9 cm³/mol. The van der Waals surface area contributed by atoms with Crippen molar-refractivity contribution in [1.82, 2.24) is 4.72 Å². The zero-order valence-electron chi connectivity index (χ0n) is 9.15. The van der Waals surface area contributed by atoms with E-state index in [1.54, 1.807) is 0 Å². The third kappa shape index (κ3) is 3.34. The molecule has 19 heavy (non-hydrogen) atoms. The Balaban J connectivity index is 2.90. The molecule has 5 N–H and O–H groups in total. The van der Waals surface area contributed by atoms with Gasteiger partial charge < -0.3 is 25.2 Å². The summed E-state index contributed by atoms with van der Waals surface area (Å²) in [7, 11) is -5.83. The second-order valence-corrected chi connectivity index (χ2v) is 5.53. The molecule has 1 heterocycles. The fraction of sp³-hybridized carbons (Fsp3) is 1.00. The lowest BCUT2D eigenvalue weighted by molar-refractivity contribution is -0.251. The van der Waals surface area contributed by atoms with Gasteiger partial charge in [-0.2, -0.15) is 17.9 Å². The highest BCUT2D eigenvalue weighted by molar-refractivity contribution is 7.90. The number of hydrogen-bond acceptors (Lipinski definition) is 7. The van der Waals surface area contributed by atoms with E-state index in [-0.39, 0.29) is 0 Å². The van der Waals surface area contributed by atoms with Crippen LogP contribution in [0.2, 0.25) is 0 Å². The van der Waals surface area contributed by atoms with E-state index in [2.05, 4.69) is 4.74 Å². The lowest BCUT2D eigenvalue weighted by Crippen LogP contribution is -2.65. The van der Waals surface area contributed by atoms with Crippen molar-refractivity contribution in [2.45, 2.75) is 36.2 Å². The second kappa shape index (κ2) is 5.47. The Kier molecular flexibility index (Phi) is 4.77. The van der Waals surface area contributed by atoms with Crippen LogP contribution in [-0.4, -0.2) is 71.6 Å². The first-order valence-corrected chi connectivity index (χ1v) is 6.38. The van der Waals surface area contributed by atoms with Crippen LogP contribution in [0, 0.1) is 0 Å². The molecule has 0 aromatic heterocycles. The molecular formula is C7H12F3NO7S. The smallest absolute Gasteiger partial charge is 0.394 e. The van der Waals surface area contributed by atoms with Crippen molar-refractivity contribution in [3.63, 3.8) is 0 Å². The zero-order valence-corrected chi connectivity index (χ0v) is 9.97. The summed E-state index contributed by atoms with van der Waals surface area (Å²) in [6.07, 6.45) is -7.56. The lowest BCUT2D eigenvalue weighted by Gasteiger charge is -2.40. The minimum Gasteiger partial charge on any atom is -0.394 e. The number of aliphatic hydroxyl groups is 4. The summed E-state index contributed by atoms with van der Waals surface area (Å²) in [5.74, 6) is 0. The van der Waals surface area contributed by atoms with E-state index in [1.807, 2.05) is 0 Å². The number of rotatable bonds is 3. The summed E-state index contributed by atoms with van der Waals surface area (Å²) in [6, 6.07) is -2.12. The average Bonchev–Trinajstić information content (AvgIpc) is 2.27. The van der Waals surface area contributed by atoms with Gasteiger partial charge in [0, 0.05) is 0 Å². The van der Waals surface area contributed by atoms with Gasteiger partial charge in [0.05, 0.1) is 6.61 Å². The van der Waals surface area contributed by atoms with Crippen LogP contribution >= 0.6 is 0 Å². The zero-order chi connectivity index (χ0) is 15.0. The van der Waals surface area contributed by atoms with E-state index in [1.165, 1.54) is 0 Å². The van der Waals surface area contributed by atoms with Gasteiger partial charge in [-0.1, -0.05) is 0 Å². The summed E-state index contributed by atoms with van der Waals surface area (Å²) < 4.78 is 63.5. The molecule has 1 rings (SSSR count). The van der Waals surface area contributed by atoms with Gasteiger partial charge >= 0.3 is 15.5 Å². The third-order valence-electron chi connectivity index (χ3n) is 2.50. The molecule has 0 saturated carbocycles. The Bertz CT molecular complexity index is 413. The highest BCUT2D eigenvalue weighted by Crippen LogP contribution is 2.25. The van der Waals surface area contributed by atoms with Crippen molar-refractivity contribution in [3.8, 4) is 0 Å². The van der Waals surface area contributed by atoms with E-state index < -0.39 is 52.8 Å². The van der Waals surface area contributed by atoms with Crippen molar-refractivity contribution < 1.29 is 46.8 Å². The lowest BCUT2D eigenvalue weighted by atomic mass is 9.98. The first-order chi connectivity index (χ1) is 8.51. The molecular weight excluding hydrogens is 299 g/mol. The third-order valence-corrected chi connectivity index (χ3v) is 3.69. The number of halogens is 3. The summed E-state index contributed by atoms with van der Waals surface area (Å²) >= 11 is 0. The first-order valence-electron chi connectivity index (χ1n) is 4.90. The number of nitrogens with one attached hydrogen (secondary N) is 1. The Hall–Kier alpha value is -0.500. The van der Waals surface area contributed by atoms with Gasteiger partial charge in [0.2, 0.25) is 0 Å². The minimum atomic E-state index is -5.83. The Morgan fingerprint density at radius 1 is 1.16 bits per heavy atom. The Morgan fingerprint density at radius 3 is 2.11 bits per heavy atom. The largest absolute Gasteiger partial charge is 0.511 e. The molecule has 0 aromatic carbocycles. The van der Waals surface area contributed by atoms with Crippen LogP contribution in [0.25, 0.3) is 0 Å². The molecule has 0 aromatic rings. The summed E-state index contributed by atoms with van der Waals surface area (Å²) in [5, 5.41) is 36.8. The molecule has 1 fully saturated rings. The summed E-state index contributed by atoms with van der Waals surface area (Å²) in [6.45, 7) is -0.825. The standard InChI is InChI=1S/C7H12F3NO7S/c8-7(9,10)19(16,17)11-3-5(14)4(13)2(1-12)18-6(3)15/h2-6,11-15H,1H2/t2-,3-,4+,5-,6?/m1/s1. The number of ether oxygens (including phenoxy) is 1. The average molecular weight is 311 g/mol. The maximum absolute atomic E-state index is 12.1. The topological polar surface area (TPSA) is 136 Å². The molecule has 1 saturated heterocycles. The van der Waals surface area contributed by atoms with Crippen molar-refractivity contribution in [3.05, 3.63) is 0 Å². The van der Waals surface area contributed by atoms with Crippen molar-refractivity contribution >= 4 is 10.0 Å². The molecule has 1 aliphatic heterocycles. The molecule has 0 amide bonds. The van der Waals surface area contributed by atoms with E-state index in [4.69, 9.17) is 5.11 Å². The second-order valence-electron chi connectivity index (χ2n) is 3.82. The van der Waals surface area contributed by atoms with Crippen molar-refractivity contribution in [2.75, 3.05) is 6.61 Å². The van der Waals surface area contributed by atoms with Crippen LogP contribution < -0.4 is 4.72 Å². The van der Waals surface area contributed by atoms with Crippen LogP contribution in [0.3, 0.4) is 0 Å². The highest BCUT2D eigenvalue weighted by Gasteiger charge is 2.52.